The van der Waals surface area contributed by atoms with Crippen LogP contribution < -0.4 is 9.47 Å². The van der Waals surface area contributed by atoms with Gasteiger partial charge in [0, 0.05) is 23.6 Å². The minimum Gasteiger partial charge on any atom is -0.504 e. The summed E-state index contributed by atoms with van der Waals surface area (Å²) in [6, 6.07) is 10.2. The molecule has 0 radical (unpaired) electrons. The van der Waals surface area contributed by atoms with E-state index in [0.717, 1.165) is 0 Å². The number of phenolic OH excluding ortho intramolecular Hbond substituents is 2. The van der Waals surface area contributed by atoms with E-state index in [1.165, 1.54) is 14.2 Å². The van der Waals surface area contributed by atoms with Gasteiger partial charge in [-0.15, -0.1) is 0 Å². The fourth-order valence-electron chi connectivity index (χ4n) is 2.26. The zero-order chi connectivity index (χ0) is 19.1. The van der Waals surface area contributed by atoms with Crippen LogP contribution in [0.2, 0.25) is 0 Å². The topological polar surface area (TPSA) is 83.6 Å². The van der Waals surface area contributed by atoms with Gasteiger partial charge in [-0.25, -0.2) is 0 Å². The molecule has 0 aliphatic heterocycles. The van der Waals surface area contributed by atoms with Gasteiger partial charge in [-0.3, -0.25) is 9.98 Å². The van der Waals surface area contributed by atoms with Crippen LogP contribution in [0, 0.1) is 0 Å². The summed E-state index contributed by atoms with van der Waals surface area (Å²) >= 11 is 0. The molecular weight excluding hydrogens is 332 g/mol. The van der Waals surface area contributed by atoms with Gasteiger partial charge in [-0.05, 0) is 38.1 Å². The summed E-state index contributed by atoms with van der Waals surface area (Å²) in [5.41, 5.74) is 1.16. The number of hydrogen-bond donors (Lipinski definition) is 2. The molecule has 2 rings (SSSR count). The Hall–Kier alpha value is -3.02. The molecule has 0 aromatic heterocycles. The monoisotopic (exact) mass is 356 g/mol. The number of hydrogen-bond acceptors (Lipinski definition) is 6. The average molecular weight is 356 g/mol. The van der Waals surface area contributed by atoms with Crippen molar-refractivity contribution in [3.05, 3.63) is 47.5 Å². The van der Waals surface area contributed by atoms with E-state index >= 15 is 0 Å². The highest BCUT2D eigenvalue weighted by molar-refractivity contribution is 5.85. The van der Waals surface area contributed by atoms with Gasteiger partial charge >= 0.3 is 0 Å². The first-order valence-corrected chi connectivity index (χ1v) is 8.26. The lowest BCUT2D eigenvalue weighted by atomic mass is 10.1. The standard InChI is InChI=1S/C20H24N2O4/c1-13(21-11-15-7-5-9-17(25-3)19(15)23)14(2)22-12-16-8-6-10-18(26-4)20(16)24/h5-14,23-24H,1-4H3. The lowest BCUT2D eigenvalue weighted by Gasteiger charge is -2.12. The van der Waals surface area contributed by atoms with Gasteiger partial charge in [0.05, 0.1) is 26.3 Å². The molecule has 6 nitrogen and oxygen atoms in total. The highest BCUT2D eigenvalue weighted by Crippen LogP contribution is 2.29. The second-order valence-corrected chi connectivity index (χ2v) is 5.83. The van der Waals surface area contributed by atoms with E-state index in [0.29, 0.717) is 22.6 Å². The second-order valence-electron chi connectivity index (χ2n) is 5.83. The van der Waals surface area contributed by atoms with Crippen LogP contribution in [-0.4, -0.2) is 48.9 Å². The molecule has 138 valence electrons. The molecule has 0 spiro atoms. The maximum absolute atomic E-state index is 10.1. The molecule has 0 saturated carbocycles. The van der Waals surface area contributed by atoms with E-state index in [4.69, 9.17) is 9.47 Å². The van der Waals surface area contributed by atoms with Crippen molar-refractivity contribution in [2.75, 3.05) is 14.2 Å². The molecule has 0 bridgehead atoms. The lowest BCUT2D eigenvalue weighted by Crippen LogP contribution is -2.16. The Kier molecular flexibility index (Phi) is 6.60. The average Bonchev–Trinajstić information content (AvgIpc) is 2.65. The molecule has 0 saturated heterocycles. The van der Waals surface area contributed by atoms with Crippen molar-refractivity contribution in [1.82, 2.24) is 0 Å². The Morgan fingerprint density at radius 3 is 1.50 bits per heavy atom. The molecular formula is C20H24N2O4. The third kappa shape index (κ3) is 4.53. The van der Waals surface area contributed by atoms with Crippen LogP contribution in [0.5, 0.6) is 23.0 Å². The van der Waals surface area contributed by atoms with Gasteiger partial charge in [-0.2, -0.15) is 0 Å². The highest BCUT2D eigenvalue weighted by Gasteiger charge is 2.11. The van der Waals surface area contributed by atoms with Gasteiger partial charge < -0.3 is 19.7 Å². The van der Waals surface area contributed by atoms with Crippen molar-refractivity contribution in [2.24, 2.45) is 9.98 Å². The van der Waals surface area contributed by atoms with Crippen LogP contribution in [0.3, 0.4) is 0 Å². The van der Waals surface area contributed by atoms with Crippen LogP contribution in [0.1, 0.15) is 25.0 Å². The SMILES string of the molecule is COc1cccc(C=NC(C)C(C)N=Cc2cccc(OC)c2O)c1O. The first-order chi connectivity index (χ1) is 12.5. The zero-order valence-corrected chi connectivity index (χ0v) is 15.4. The number of ether oxygens (including phenoxy) is 2. The van der Waals surface area contributed by atoms with E-state index in [9.17, 15) is 10.2 Å². The Balaban J connectivity index is 2.09. The molecule has 0 fully saturated rings. The van der Waals surface area contributed by atoms with Crippen LogP contribution in [-0.2, 0) is 0 Å². The van der Waals surface area contributed by atoms with Gasteiger partial charge in [0.25, 0.3) is 0 Å². The van der Waals surface area contributed by atoms with E-state index in [2.05, 4.69) is 9.98 Å². The number of benzene rings is 2. The molecule has 6 heteroatoms. The van der Waals surface area contributed by atoms with Gasteiger partial charge in [0.1, 0.15) is 0 Å². The maximum atomic E-state index is 10.1. The summed E-state index contributed by atoms with van der Waals surface area (Å²) in [6.45, 7) is 3.86. The number of para-hydroxylation sites is 2. The quantitative estimate of drug-likeness (QED) is 0.745. The van der Waals surface area contributed by atoms with E-state index < -0.39 is 0 Å². The third-order valence-corrected chi connectivity index (χ3v) is 4.10. The predicted molar refractivity (Wildman–Crippen MR) is 103 cm³/mol. The fourth-order valence-corrected chi connectivity index (χ4v) is 2.26. The number of phenols is 2. The summed E-state index contributed by atoms with van der Waals surface area (Å²) in [7, 11) is 3.01. The molecule has 0 amide bonds. The number of aromatic hydroxyl groups is 2. The minimum absolute atomic E-state index is 0.0587. The van der Waals surface area contributed by atoms with E-state index in [-0.39, 0.29) is 23.6 Å². The molecule has 2 N–H and O–H groups in total. The fraction of sp³-hybridized carbons (Fsp3) is 0.300. The van der Waals surface area contributed by atoms with Gasteiger partial charge in [0.15, 0.2) is 23.0 Å². The summed E-state index contributed by atoms with van der Waals surface area (Å²) in [4.78, 5) is 8.91. The molecule has 2 unspecified atom stereocenters. The Labute approximate surface area is 153 Å². The third-order valence-electron chi connectivity index (χ3n) is 4.10. The van der Waals surface area contributed by atoms with Gasteiger partial charge in [-0.1, -0.05) is 12.1 Å². The number of methoxy groups -OCH3 is 2. The van der Waals surface area contributed by atoms with Crippen LogP contribution in [0.25, 0.3) is 0 Å². The van der Waals surface area contributed by atoms with Gasteiger partial charge in [0.2, 0.25) is 0 Å². The van der Waals surface area contributed by atoms with Crippen LogP contribution in [0.15, 0.2) is 46.4 Å². The number of rotatable bonds is 7. The second kappa shape index (κ2) is 8.89. The first-order valence-electron chi connectivity index (χ1n) is 8.26. The maximum Gasteiger partial charge on any atom is 0.166 e. The summed E-state index contributed by atoms with van der Waals surface area (Å²) in [6.07, 6.45) is 3.22. The van der Waals surface area contributed by atoms with Crippen molar-refractivity contribution in [3.63, 3.8) is 0 Å². The van der Waals surface area contributed by atoms with Crippen molar-refractivity contribution < 1.29 is 19.7 Å². The zero-order valence-electron chi connectivity index (χ0n) is 15.4. The number of aliphatic imine (C=N–C) groups is 2. The van der Waals surface area contributed by atoms with Crippen molar-refractivity contribution in [3.8, 4) is 23.0 Å². The summed E-state index contributed by atoms with van der Waals surface area (Å²) < 4.78 is 10.2. The van der Waals surface area contributed by atoms with E-state index in [1.807, 2.05) is 13.8 Å². The number of nitrogens with zero attached hydrogens (tertiary/aromatic N) is 2. The van der Waals surface area contributed by atoms with Crippen LogP contribution >= 0.6 is 0 Å². The summed E-state index contributed by atoms with van der Waals surface area (Å²) in [5.74, 6) is 0.925. The Morgan fingerprint density at radius 2 is 1.15 bits per heavy atom. The summed E-state index contributed by atoms with van der Waals surface area (Å²) in [5, 5.41) is 20.2. The molecule has 0 heterocycles. The van der Waals surface area contributed by atoms with E-state index in [1.54, 1.807) is 48.8 Å². The largest absolute Gasteiger partial charge is 0.504 e. The highest BCUT2D eigenvalue weighted by atomic mass is 16.5. The van der Waals surface area contributed by atoms with Crippen molar-refractivity contribution in [2.45, 2.75) is 25.9 Å². The van der Waals surface area contributed by atoms with Crippen molar-refractivity contribution >= 4 is 12.4 Å². The minimum atomic E-state index is -0.121. The molecule has 0 aliphatic carbocycles. The van der Waals surface area contributed by atoms with Crippen molar-refractivity contribution in [1.29, 1.82) is 0 Å². The Morgan fingerprint density at radius 1 is 0.769 bits per heavy atom. The molecule has 0 aliphatic rings. The first kappa shape index (κ1) is 19.3. The molecule has 2 aromatic rings. The predicted octanol–water partition coefficient (Wildman–Crippen LogP) is 3.43. The normalized spacial score (nSPS) is 13.8. The Bertz CT molecular complexity index is 735. The molecule has 2 aromatic carbocycles. The molecule has 26 heavy (non-hydrogen) atoms. The smallest absolute Gasteiger partial charge is 0.166 e. The molecule has 2 atom stereocenters. The van der Waals surface area contributed by atoms with Crippen LogP contribution in [0.4, 0.5) is 0 Å². The lowest BCUT2D eigenvalue weighted by molar-refractivity contribution is 0.373.